The van der Waals surface area contributed by atoms with Crippen molar-refractivity contribution in [2.45, 2.75) is 58.4 Å². The lowest BCUT2D eigenvalue weighted by atomic mass is 9.88. The van der Waals surface area contributed by atoms with E-state index in [2.05, 4.69) is 31.1 Å². The highest BCUT2D eigenvalue weighted by atomic mass is 15.1. The lowest BCUT2D eigenvalue weighted by molar-refractivity contribution is 0.217. The molecule has 2 aliphatic rings. The number of fused-ring (bicyclic) bond motifs is 2. The van der Waals surface area contributed by atoms with Crippen LogP contribution in [0.4, 0.5) is 0 Å². The van der Waals surface area contributed by atoms with Gasteiger partial charge in [0, 0.05) is 12.6 Å². The molecule has 2 aliphatic carbocycles. The molecular weight excluding hydrogens is 220 g/mol. The maximum absolute atomic E-state index is 3.50. The van der Waals surface area contributed by atoms with E-state index in [9.17, 15) is 0 Å². The lowest BCUT2D eigenvalue weighted by Crippen LogP contribution is -2.30. The van der Waals surface area contributed by atoms with E-state index in [1.165, 1.54) is 51.7 Å². The molecule has 0 saturated heterocycles. The minimum Gasteiger partial charge on any atom is -0.315 e. The quantitative estimate of drug-likeness (QED) is 0.668. The molecule has 3 atom stereocenters. The monoisotopic (exact) mass is 252 g/mol. The van der Waals surface area contributed by atoms with Gasteiger partial charge in [-0.15, -0.1) is 0 Å². The molecule has 2 nitrogen and oxygen atoms in total. The van der Waals surface area contributed by atoms with Crippen molar-refractivity contribution in [1.29, 1.82) is 0 Å². The number of nitrogens with one attached hydrogen (secondary N) is 1. The molecule has 0 radical (unpaired) electrons. The number of unbranched alkanes of at least 4 members (excludes halogenated alkanes) is 1. The molecule has 3 unspecified atom stereocenters. The largest absolute Gasteiger partial charge is 0.315 e. The predicted molar refractivity (Wildman–Crippen MR) is 78.8 cm³/mol. The molecule has 0 aromatic rings. The molecule has 2 rings (SSSR count). The van der Waals surface area contributed by atoms with Crippen LogP contribution in [-0.4, -0.2) is 37.6 Å². The molecule has 18 heavy (non-hydrogen) atoms. The molecule has 106 valence electrons. The van der Waals surface area contributed by atoms with Gasteiger partial charge in [0.25, 0.3) is 0 Å². The first-order valence-corrected chi connectivity index (χ1v) is 8.07. The molecule has 0 aromatic heterocycles. The van der Waals surface area contributed by atoms with Crippen LogP contribution in [0.15, 0.2) is 0 Å². The minimum atomic E-state index is 0.636. The SMILES string of the molecule is CC(C)NCCCCN(C)CC1CC2CCC1C2. The van der Waals surface area contributed by atoms with Gasteiger partial charge in [-0.2, -0.15) is 0 Å². The van der Waals surface area contributed by atoms with Gasteiger partial charge in [0.15, 0.2) is 0 Å². The Kier molecular flexibility index (Phi) is 5.50. The Balaban J connectivity index is 1.51. The van der Waals surface area contributed by atoms with Crippen molar-refractivity contribution in [2.24, 2.45) is 17.8 Å². The Morgan fingerprint density at radius 1 is 1.17 bits per heavy atom. The summed E-state index contributed by atoms with van der Waals surface area (Å²) in [6.07, 6.45) is 8.81. The first kappa shape index (κ1) is 14.3. The van der Waals surface area contributed by atoms with Crippen LogP contribution in [0.1, 0.15) is 52.4 Å². The Bertz CT molecular complexity index is 239. The molecule has 0 heterocycles. The summed E-state index contributed by atoms with van der Waals surface area (Å²) >= 11 is 0. The molecule has 0 aromatic carbocycles. The Hall–Kier alpha value is -0.0800. The van der Waals surface area contributed by atoms with Crippen LogP contribution in [0.5, 0.6) is 0 Å². The van der Waals surface area contributed by atoms with E-state index in [0.717, 1.165) is 17.8 Å². The van der Waals surface area contributed by atoms with E-state index >= 15 is 0 Å². The molecule has 0 amide bonds. The van der Waals surface area contributed by atoms with E-state index in [-0.39, 0.29) is 0 Å². The van der Waals surface area contributed by atoms with Crippen LogP contribution in [-0.2, 0) is 0 Å². The Morgan fingerprint density at radius 3 is 2.61 bits per heavy atom. The minimum absolute atomic E-state index is 0.636. The van der Waals surface area contributed by atoms with Crippen LogP contribution in [0.2, 0.25) is 0 Å². The van der Waals surface area contributed by atoms with Crippen LogP contribution >= 0.6 is 0 Å². The molecule has 0 aliphatic heterocycles. The molecule has 0 spiro atoms. The third-order valence-corrected chi connectivity index (χ3v) is 4.95. The summed E-state index contributed by atoms with van der Waals surface area (Å²) in [5.41, 5.74) is 0. The van der Waals surface area contributed by atoms with Crippen molar-refractivity contribution in [3.8, 4) is 0 Å². The van der Waals surface area contributed by atoms with Crippen LogP contribution in [0, 0.1) is 17.8 Å². The number of nitrogens with zero attached hydrogens (tertiary/aromatic N) is 1. The van der Waals surface area contributed by atoms with Crippen molar-refractivity contribution in [3.05, 3.63) is 0 Å². The van der Waals surface area contributed by atoms with Gasteiger partial charge in [0.05, 0.1) is 0 Å². The van der Waals surface area contributed by atoms with Crippen molar-refractivity contribution < 1.29 is 0 Å². The first-order valence-electron chi connectivity index (χ1n) is 8.07. The lowest BCUT2D eigenvalue weighted by Gasteiger charge is -2.27. The average Bonchev–Trinajstić information content (AvgIpc) is 2.90. The van der Waals surface area contributed by atoms with Crippen molar-refractivity contribution >= 4 is 0 Å². The second-order valence-corrected chi connectivity index (χ2v) is 7.01. The highest BCUT2D eigenvalue weighted by Crippen LogP contribution is 2.48. The molecule has 2 heteroatoms. The van der Waals surface area contributed by atoms with Gasteiger partial charge >= 0.3 is 0 Å². The van der Waals surface area contributed by atoms with Crippen molar-refractivity contribution in [2.75, 3.05) is 26.7 Å². The van der Waals surface area contributed by atoms with Gasteiger partial charge in [-0.3, -0.25) is 0 Å². The highest BCUT2D eigenvalue weighted by Gasteiger charge is 2.39. The van der Waals surface area contributed by atoms with E-state index in [1.54, 1.807) is 6.42 Å². The second kappa shape index (κ2) is 6.91. The van der Waals surface area contributed by atoms with Gasteiger partial charge in [-0.05, 0) is 70.0 Å². The smallest absolute Gasteiger partial charge is 0.00103 e. The van der Waals surface area contributed by atoms with E-state index < -0.39 is 0 Å². The third-order valence-electron chi connectivity index (χ3n) is 4.95. The summed E-state index contributed by atoms with van der Waals surface area (Å²) in [5, 5.41) is 3.50. The van der Waals surface area contributed by atoms with E-state index in [4.69, 9.17) is 0 Å². The van der Waals surface area contributed by atoms with Crippen LogP contribution < -0.4 is 5.32 Å². The second-order valence-electron chi connectivity index (χ2n) is 7.01. The highest BCUT2D eigenvalue weighted by molar-refractivity contribution is 4.90. The normalized spacial score (nSPS) is 30.8. The number of hydrogen-bond donors (Lipinski definition) is 1. The topological polar surface area (TPSA) is 15.3 Å². The zero-order chi connectivity index (χ0) is 13.0. The Labute approximate surface area is 114 Å². The summed E-state index contributed by atoms with van der Waals surface area (Å²) in [6, 6.07) is 0.636. The molecule has 1 N–H and O–H groups in total. The fourth-order valence-electron chi connectivity index (χ4n) is 3.99. The van der Waals surface area contributed by atoms with Gasteiger partial charge in [-0.25, -0.2) is 0 Å². The number of rotatable bonds is 8. The maximum Gasteiger partial charge on any atom is 0.00103 e. The molecule has 2 fully saturated rings. The third kappa shape index (κ3) is 4.24. The standard InChI is InChI=1S/C16H32N2/c1-13(2)17-8-4-5-9-18(3)12-16-11-14-6-7-15(16)10-14/h13-17H,4-12H2,1-3H3. The van der Waals surface area contributed by atoms with Crippen LogP contribution in [0.3, 0.4) is 0 Å². The summed E-state index contributed by atoms with van der Waals surface area (Å²) in [6.45, 7) is 8.27. The fraction of sp³-hybridized carbons (Fsp3) is 1.00. The van der Waals surface area contributed by atoms with Crippen molar-refractivity contribution in [3.63, 3.8) is 0 Å². The van der Waals surface area contributed by atoms with Crippen LogP contribution in [0.25, 0.3) is 0 Å². The summed E-state index contributed by atoms with van der Waals surface area (Å²) in [4.78, 5) is 2.58. The summed E-state index contributed by atoms with van der Waals surface area (Å²) < 4.78 is 0. The van der Waals surface area contributed by atoms with Crippen molar-refractivity contribution in [1.82, 2.24) is 10.2 Å². The average molecular weight is 252 g/mol. The zero-order valence-electron chi connectivity index (χ0n) is 12.6. The molecule has 2 saturated carbocycles. The van der Waals surface area contributed by atoms with Gasteiger partial charge in [0.1, 0.15) is 0 Å². The van der Waals surface area contributed by atoms with E-state index in [1.807, 2.05) is 0 Å². The summed E-state index contributed by atoms with van der Waals surface area (Å²) in [7, 11) is 2.32. The van der Waals surface area contributed by atoms with Gasteiger partial charge < -0.3 is 10.2 Å². The fourth-order valence-corrected chi connectivity index (χ4v) is 3.99. The first-order chi connectivity index (χ1) is 8.65. The Morgan fingerprint density at radius 2 is 2.00 bits per heavy atom. The van der Waals surface area contributed by atoms with Gasteiger partial charge in [0.2, 0.25) is 0 Å². The van der Waals surface area contributed by atoms with E-state index in [0.29, 0.717) is 6.04 Å². The number of hydrogen-bond acceptors (Lipinski definition) is 2. The predicted octanol–water partition coefficient (Wildman–Crippen LogP) is 3.13. The maximum atomic E-state index is 3.50. The summed E-state index contributed by atoms with van der Waals surface area (Å²) in [5.74, 6) is 3.21. The molecule has 2 bridgehead atoms. The zero-order valence-corrected chi connectivity index (χ0v) is 12.6. The molecular formula is C16H32N2. The van der Waals surface area contributed by atoms with Gasteiger partial charge in [-0.1, -0.05) is 20.3 Å².